The number of aryl methyl sites for hydroxylation is 1. The summed E-state index contributed by atoms with van der Waals surface area (Å²) >= 11 is 0. The lowest BCUT2D eigenvalue weighted by atomic mass is 10.1. The molecule has 0 unspecified atom stereocenters. The molecule has 1 saturated heterocycles. The van der Waals surface area contributed by atoms with Gasteiger partial charge in [0, 0.05) is 63.4 Å². The number of rotatable bonds is 10. The quantitative estimate of drug-likeness (QED) is 0.584. The topological polar surface area (TPSA) is 77.9 Å². The number of nitrogens with one attached hydrogen (secondary N) is 1. The van der Waals surface area contributed by atoms with Crippen LogP contribution in [0.3, 0.4) is 0 Å². The Bertz CT molecular complexity index is 889. The minimum Gasteiger partial charge on any atom is -0.494 e. The summed E-state index contributed by atoms with van der Waals surface area (Å²) in [5.41, 5.74) is 2.95. The molecule has 2 aliphatic rings. The summed E-state index contributed by atoms with van der Waals surface area (Å²) in [7, 11) is 3.42. The molecule has 2 atom stereocenters. The van der Waals surface area contributed by atoms with Gasteiger partial charge in [0.15, 0.2) is 0 Å². The number of ether oxygens (including phenoxy) is 3. The second-order valence-electron chi connectivity index (χ2n) is 8.40. The predicted molar refractivity (Wildman–Crippen MR) is 118 cm³/mol. The molecule has 2 aromatic rings. The van der Waals surface area contributed by atoms with E-state index in [-0.39, 0.29) is 18.0 Å². The Morgan fingerprint density at radius 3 is 2.90 bits per heavy atom. The molecule has 0 spiro atoms. The molecule has 1 amide bonds. The van der Waals surface area contributed by atoms with Gasteiger partial charge >= 0.3 is 0 Å². The smallest absolute Gasteiger partial charge is 0.253 e. The number of carbonyl (C=O) groups excluding carboxylic acids is 1. The second kappa shape index (κ2) is 9.97. The molecular formula is C23H34N4O4. The Kier molecular flexibility index (Phi) is 7.09. The van der Waals surface area contributed by atoms with Crippen molar-refractivity contribution in [3.8, 4) is 5.75 Å². The van der Waals surface area contributed by atoms with Crippen LogP contribution < -0.4 is 10.1 Å². The van der Waals surface area contributed by atoms with Crippen molar-refractivity contribution in [1.29, 1.82) is 0 Å². The number of carbonyl (C=O) groups is 1. The molecule has 31 heavy (non-hydrogen) atoms. The van der Waals surface area contributed by atoms with Crippen molar-refractivity contribution in [3.63, 3.8) is 0 Å². The molecule has 2 aromatic heterocycles. The molecular weight excluding hydrogens is 396 g/mol. The van der Waals surface area contributed by atoms with Crippen molar-refractivity contribution in [2.45, 2.75) is 57.3 Å². The van der Waals surface area contributed by atoms with Crippen LogP contribution in [0.25, 0.3) is 11.0 Å². The van der Waals surface area contributed by atoms with Gasteiger partial charge in [0.2, 0.25) is 0 Å². The number of morpholine rings is 1. The largest absolute Gasteiger partial charge is 0.494 e. The predicted octanol–water partition coefficient (Wildman–Crippen LogP) is 2.51. The van der Waals surface area contributed by atoms with Gasteiger partial charge < -0.3 is 29.0 Å². The molecule has 1 aliphatic carbocycles. The van der Waals surface area contributed by atoms with Crippen molar-refractivity contribution in [2.75, 3.05) is 40.5 Å². The molecule has 4 rings (SSSR count). The summed E-state index contributed by atoms with van der Waals surface area (Å²) < 4.78 is 18.9. The van der Waals surface area contributed by atoms with Crippen LogP contribution in [0.2, 0.25) is 0 Å². The number of hydrogen-bond acceptors (Lipinski definition) is 6. The van der Waals surface area contributed by atoms with Crippen LogP contribution in [0.4, 0.5) is 0 Å². The maximum absolute atomic E-state index is 13.4. The molecule has 3 heterocycles. The molecule has 0 bridgehead atoms. The fraction of sp³-hybridized carbons (Fsp3) is 0.652. The maximum Gasteiger partial charge on any atom is 0.253 e. The molecule has 0 radical (unpaired) electrons. The van der Waals surface area contributed by atoms with E-state index in [9.17, 15) is 4.79 Å². The van der Waals surface area contributed by atoms with E-state index in [0.29, 0.717) is 13.2 Å². The van der Waals surface area contributed by atoms with Crippen LogP contribution in [0, 0.1) is 0 Å². The Balaban J connectivity index is 1.65. The first-order valence-corrected chi connectivity index (χ1v) is 11.3. The number of nitrogens with zero attached hydrogens (tertiary/aromatic N) is 3. The molecule has 8 heteroatoms. The van der Waals surface area contributed by atoms with E-state index in [1.165, 1.54) is 0 Å². The molecule has 8 nitrogen and oxygen atoms in total. The first-order chi connectivity index (χ1) is 15.2. The number of hydrogen-bond donors (Lipinski definition) is 1. The van der Waals surface area contributed by atoms with Crippen LogP contribution in [0.5, 0.6) is 5.75 Å². The van der Waals surface area contributed by atoms with E-state index in [4.69, 9.17) is 19.2 Å². The van der Waals surface area contributed by atoms with Crippen molar-refractivity contribution in [2.24, 2.45) is 0 Å². The summed E-state index contributed by atoms with van der Waals surface area (Å²) in [6, 6.07) is 2.08. The highest BCUT2D eigenvalue weighted by molar-refractivity contribution is 5.87. The molecule has 1 aliphatic heterocycles. The van der Waals surface area contributed by atoms with Gasteiger partial charge in [-0.05, 0) is 32.6 Å². The third kappa shape index (κ3) is 4.71. The lowest BCUT2D eigenvalue weighted by molar-refractivity contribution is -0.148. The zero-order valence-electron chi connectivity index (χ0n) is 18.8. The van der Waals surface area contributed by atoms with Crippen molar-refractivity contribution in [1.82, 2.24) is 19.8 Å². The van der Waals surface area contributed by atoms with E-state index in [1.807, 2.05) is 11.0 Å². The van der Waals surface area contributed by atoms with Crippen molar-refractivity contribution in [3.05, 3.63) is 24.0 Å². The van der Waals surface area contributed by atoms with Crippen LogP contribution >= 0.6 is 0 Å². The Morgan fingerprint density at radius 1 is 1.39 bits per heavy atom. The molecule has 170 valence electrons. The van der Waals surface area contributed by atoms with Crippen molar-refractivity contribution < 1.29 is 19.0 Å². The van der Waals surface area contributed by atoms with Crippen LogP contribution in [-0.2, 0) is 20.8 Å². The third-order valence-electron chi connectivity index (χ3n) is 6.23. The number of unbranched alkanes of at least 4 members (excludes halogenated alkanes) is 1. The minimum absolute atomic E-state index is 0.0751. The highest BCUT2D eigenvalue weighted by atomic mass is 16.5. The summed E-state index contributed by atoms with van der Waals surface area (Å²) in [5, 5.41) is 3.28. The maximum atomic E-state index is 13.4. The Morgan fingerprint density at radius 2 is 2.23 bits per heavy atom. The minimum atomic E-state index is -0.415. The highest BCUT2D eigenvalue weighted by Crippen LogP contribution is 2.39. The molecule has 2 fully saturated rings. The van der Waals surface area contributed by atoms with Crippen LogP contribution in [0.1, 0.15) is 44.2 Å². The number of pyridine rings is 1. The first kappa shape index (κ1) is 22.0. The highest BCUT2D eigenvalue weighted by Gasteiger charge is 2.40. The van der Waals surface area contributed by atoms with E-state index in [2.05, 4.69) is 23.0 Å². The van der Waals surface area contributed by atoms with Gasteiger partial charge in [-0.1, -0.05) is 0 Å². The second-order valence-corrected chi connectivity index (χ2v) is 8.40. The number of methoxy groups -OCH3 is 2. The van der Waals surface area contributed by atoms with E-state index >= 15 is 0 Å². The van der Waals surface area contributed by atoms with Gasteiger partial charge in [-0.15, -0.1) is 0 Å². The molecule has 0 aromatic carbocycles. The fourth-order valence-corrected chi connectivity index (χ4v) is 4.47. The van der Waals surface area contributed by atoms with E-state index in [0.717, 1.165) is 67.7 Å². The zero-order valence-corrected chi connectivity index (χ0v) is 18.8. The summed E-state index contributed by atoms with van der Waals surface area (Å²) in [5.74, 6) is 0.880. The molecule has 1 saturated carbocycles. The SMILES string of the molecule is COCCCCn1cc([C@H](C)N(C(=O)[C@H]2CNCCO2)C2CC2)c2nccc(OC)c21. The average molecular weight is 431 g/mol. The van der Waals surface area contributed by atoms with Gasteiger partial charge in [0.1, 0.15) is 17.4 Å². The summed E-state index contributed by atoms with van der Waals surface area (Å²) in [6.07, 6.45) is 7.59. The number of aromatic nitrogens is 2. The first-order valence-electron chi connectivity index (χ1n) is 11.3. The fourth-order valence-electron chi connectivity index (χ4n) is 4.47. The Labute approximate surface area is 183 Å². The number of fused-ring (bicyclic) bond motifs is 1. The summed E-state index contributed by atoms with van der Waals surface area (Å²) in [4.78, 5) is 20.1. The van der Waals surface area contributed by atoms with Gasteiger partial charge in [-0.3, -0.25) is 9.78 Å². The van der Waals surface area contributed by atoms with Gasteiger partial charge in [0.05, 0.1) is 25.3 Å². The lowest BCUT2D eigenvalue weighted by Gasteiger charge is -2.34. The van der Waals surface area contributed by atoms with Gasteiger partial charge in [0.25, 0.3) is 5.91 Å². The van der Waals surface area contributed by atoms with Crippen molar-refractivity contribution >= 4 is 16.9 Å². The normalized spacial score (nSPS) is 20.0. The van der Waals surface area contributed by atoms with Gasteiger partial charge in [-0.25, -0.2) is 0 Å². The van der Waals surface area contributed by atoms with E-state index in [1.54, 1.807) is 20.4 Å². The average Bonchev–Trinajstić information content (AvgIpc) is 3.57. The van der Waals surface area contributed by atoms with Crippen LogP contribution in [0.15, 0.2) is 18.5 Å². The van der Waals surface area contributed by atoms with Crippen LogP contribution in [-0.4, -0.2) is 73.0 Å². The summed E-state index contributed by atoms with van der Waals surface area (Å²) in [6.45, 7) is 5.64. The lowest BCUT2D eigenvalue weighted by Crippen LogP contribution is -2.50. The zero-order chi connectivity index (χ0) is 21.8. The standard InChI is InChI=1S/C23H34N4O4/c1-16(27(17-6-7-17)23(28)20-14-24-10-13-31-20)18-15-26(11-4-5-12-29-2)22-19(30-3)8-9-25-21(18)22/h8-9,15-17,20,24H,4-7,10-14H2,1-3H3/t16-,20+/m0/s1. The molecule has 1 N–H and O–H groups in total. The number of amides is 1. The Hall–Kier alpha value is -2.16. The third-order valence-corrected chi connectivity index (χ3v) is 6.23. The van der Waals surface area contributed by atoms with Gasteiger partial charge in [-0.2, -0.15) is 0 Å². The monoisotopic (exact) mass is 430 g/mol. The van der Waals surface area contributed by atoms with E-state index < -0.39 is 6.10 Å².